The molecule has 0 bridgehead atoms. The fourth-order valence-corrected chi connectivity index (χ4v) is 1.75. The second kappa shape index (κ2) is 6.04. The van der Waals surface area contributed by atoms with Gasteiger partial charge in [0.05, 0.1) is 24.1 Å². The van der Waals surface area contributed by atoms with Crippen LogP contribution in [0, 0.1) is 11.3 Å². The topological polar surface area (TPSA) is 63.0 Å². The van der Waals surface area contributed by atoms with Gasteiger partial charge in [0, 0.05) is 11.9 Å². The number of esters is 1. The van der Waals surface area contributed by atoms with E-state index in [2.05, 4.69) is 15.8 Å². The second-order valence-corrected chi connectivity index (χ2v) is 3.66. The summed E-state index contributed by atoms with van der Waals surface area (Å²) in [4.78, 5) is 14.9. The minimum absolute atomic E-state index is 0.269. The number of nitrogens with zero attached hydrogens (tertiary/aromatic N) is 2. The Hall–Kier alpha value is -1.54. The number of thioether (sulfide) groups is 1. The lowest BCUT2D eigenvalue weighted by molar-refractivity contribution is -0.137. The molecule has 78 valence electrons. The van der Waals surface area contributed by atoms with Crippen LogP contribution in [-0.4, -0.2) is 23.8 Å². The molecular formula is C10H10N2O2S. The van der Waals surface area contributed by atoms with Gasteiger partial charge >= 0.3 is 5.97 Å². The Balaban J connectivity index is 2.51. The minimum atomic E-state index is -0.269. The number of ether oxygens (including phenoxy) is 1. The minimum Gasteiger partial charge on any atom is -0.468 e. The van der Waals surface area contributed by atoms with Crippen molar-refractivity contribution in [2.45, 2.75) is 5.75 Å². The zero-order valence-corrected chi connectivity index (χ0v) is 9.08. The molecule has 1 rings (SSSR count). The Morgan fingerprint density at radius 2 is 2.53 bits per heavy atom. The van der Waals surface area contributed by atoms with Gasteiger partial charge in [0.1, 0.15) is 6.07 Å². The summed E-state index contributed by atoms with van der Waals surface area (Å²) in [6.07, 6.45) is 1.63. The molecule has 1 heterocycles. The molecule has 0 amide bonds. The van der Waals surface area contributed by atoms with Crippen LogP contribution in [0.2, 0.25) is 0 Å². The molecular weight excluding hydrogens is 212 g/mol. The Morgan fingerprint density at radius 1 is 1.73 bits per heavy atom. The van der Waals surface area contributed by atoms with Gasteiger partial charge < -0.3 is 4.74 Å². The van der Waals surface area contributed by atoms with Crippen molar-refractivity contribution in [1.29, 1.82) is 5.26 Å². The molecule has 0 spiro atoms. The standard InChI is InChI=1S/C10H10N2O2S/c1-14-10(13)7-15-6-9-8(5-11)3-2-4-12-9/h2-4H,6-7H2,1H3. The van der Waals surface area contributed by atoms with Crippen molar-refractivity contribution in [1.82, 2.24) is 4.98 Å². The van der Waals surface area contributed by atoms with Crippen molar-refractivity contribution in [3.05, 3.63) is 29.6 Å². The molecule has 0 aromatic carbocycles. The van der Waals surface area contributed by atoms with Crippen LogP contribution in [0.5, 0.6) is 0 Å². The molecule has 0 unspecified atom stereocenters. The first-order valence-electron chi connectivity index (χ1n) is 4.26. The van der Waals surface area contributed by atoms with E-state index in [0.29, 0.717) is 17.0 Å². The van der Waals surface area contributed by atoms with Crippen LogP contribution in [0.3, 0.4) is 0 Å². The monoisotopic (exact) mass is 222 g/mol. The van der Waals surface area contributed by atoms with E-state index in [1.54, 1.807) is 18.3 Å². The summed E-state index contributed by atoms with van der Waals surface area (Å²) in [5, 5.41) is 8.78. The molecule has 5 heteroatoms. The zero-order valence-electron chi connectivity index (χ0n) is 8.27. The van der Waals surface area contributed by atoms with Crippen LogP contribution in [0.1, 0.15) is 11.3 Å². The summed E-state index contributed by atoms with van der Waals surface area (Å²) in [6, 6.07) is 5.48. The molecule has 1 aromatic rings. The molecule has 0 saturated heterocycles. The quantitative estimate of drug-likeness (QED) is 0.720. The number of carbonyl (C=O) groups is 1. The number of aromatic nitrogens is 1. The molecule has 0 N–H and O–H groups in total. The summed E-state index contributed by atoms with van der Waals surface area (Å²) in [5.74, 6) is 0.547. The predicted octanol–water partition coefficient (Wildman–Crippen LogP) is 1.36. The van der Waals surface area contributed by atoms with Gasteiger partial charge in [0.25, 0.3) is 0 Å². The maximum Gasteiger partial charge on any atom is 0.315 e. The van der Waals surface area contributed by atoms with Crippen LogP contribution >= 0.6 is 11.8 Å². The van der Waals surface area contributed by atoms with Crippen molar-refractivity contribution in [3.63, 3.8) is 0 Å². The van der Waals surface area contributed by atoms with Crippen molar-refractivity contribution in [2.24, 2.45) is 0 Å². The van der Waals surface area contributed by atoms with Gasteiger partial charge in [-0.1, -0.05) is 0 Å². The van der Waals surface area contributed by atoms with E-state index in [-0.39, 0.29) is 11.7 Å². The van der Waals surface area contributed by atoms with Gasteiger partial charge in [-0.3, -0.25) is 9.78 Å². The third-order valence-corrected chi connectivity index (χ3v) is 2.61. The molecule has 4 nitrogen and oxygen atoms in total. The Kier molecular flexibility index (Phi) is 4.64. The van der Waals surface area contributed by atoms with E-state index in [9.17, 15) is 4.79 Å². The largest absolute Gasteiger partial charge is 0.468 e. The maximum absolute atomic E-state index is 10.8. The van der Waals surface area contributed by atoms with Gasteiger partial charge in [0.2, 0.25) is 0 Å². The molecule has 0 aliphatic carbocycles. The molecule has 0 aliphatic heterocycles. The molecule has 0 fully saturated rings. The van der Waals surface area contributed by atoms with Crippen molar-refractivity contribution in [2.75, 3.05) is 12.9 Å². The smallest absolute Gasteiger partial charge is 0.315 e. The number of methoxy groups -OCH3 is 1. The van der Waals surface area contributed by atoms with Crippen LogP contribution < -0.4 is 0 Å². The van der Waals surface area contributed by atoms with E-state index >= 15 is 0 Å². The third kappa shape index (κ3) is 3.60. The number of hydrogen-bond donors (Lipinski definition) is 0. The fraction of sp³-hybridized carbons (Fsp3) is 0.300. The van der Waals surface area contributed by atoms with Crippen LogP contribution in [0.4, 0.5) is 0 Å². The van der Waals surface area contributed by atoms with Crippen molar-refractivity contribution >= 4 is 17.7 Å². The summed E-state index contributed by atoms with van der Waals surface area (Å²) in [7, 11) is 1.35. The first-order valence-corrected chi connectivity index (χ1v) is 5.42. The molecule has 0 radical (unpaired) electrons. The first kappa shape index (κ1) is 11.5. The van der Waals surface area contributed by atoms with Gasteiger partial charge in [-0.15, -0.1) is 11.8 Å². The van der Waals surface area contributed by atoms with Gasteiger partial charge in [-0.25, -0.2) is 0 Å². The average Bonchev–Trinajstić information content (AvgIpc) is 2.29. The first-order chi connectivity index (χ1) is 7.27. The van der Waals surface area contributed by atoms with Gasteiger partial charge in [-0.05, 0) is 12.1 Å². The lowest BCUT2D eigenvalue weighted by Crippen LogP contribution is -2.04. The predicted molar refractivity (Wildman–Crippen MR) is 57.1 cm³/mol. The summed E-state index contributed by atoms with van der Waals surface area (Å²) in [5.41, 5.74) is 1.25. The highest BCUT2D eigenvalue weighted by molar-refractivity contribution is 7.99. The molecule has 0 saturated carbocycles. The van der Waals surface area contributed by atoms with Gasteiger partial charge in [-0.2, -0.15) is 5.26 Å². The summed E-state index contributed by atoms with van der Waals surface area (Å²) in [6.45, 7) is 0. The van der Waals surface area contributed by atoms with E-state index in [1.165, 1.54) is 18.9 Å². The molecule has 0 aliphatic rings. The second-order valence-electron chi connectivity index (χ2n) is 2.68. The number of carbonyl (C=O) groups excluding carboxylic acids is 1. The zero-order chi connectivity index (χ0) is 11.1. The SMILES string of the molecule is COC(=O)CSCc1ncccc1C#N. The number of hydrogen-bond acceptors (Lipinski definition) is 5. The number of nitriles is 1. The van der Waals surface area contributed by atoms with E-state index in [1.807, 2.05) is 0 Å². The fourth-order valence-electron chi connectivity index (χ4n) is 0.945. The van der Waals surface area contributed by atoms with Crippen LogP contribution in [0.15, 0.2) is 18.3 Å². The highest BCUT2D eigenvalue weighted by atomic mass is 32.2. The van der Waals surface area contributed by atoms with Crippen LogP contribution in [0.25, 0.3) is 0 Å². The van der Waals surface area contributed by atoms with E-state index < -0.39 is 0 Å². The van der Waals surface area contributed by atoms with Crippen molar-refractivity contribution in [3.8, 4) is 6.07 Å². The normalized spacial score (nSPS) is 9.33. The summed E-state index contributed by atoms with van der Waals surface area (Å²) < 4.78 is 4.50. The lowest BCUT2D eigenvalue weighted by atomic mass is 10.2. The number of rotatable bonds is 4. The highest BCUT2D eigenvalue weighted by Gasteiger charge is 2.05. The molecule has 15 heavy (non-hydrogen) atoms. The lowest BCUT2D eigenvalue weighted by Gasteiger charge is -2.01. The van der Waals surface area contributed by atoms with E-state index in [4.69, 9.17) is 5.26 Å². The Bertz CT molecular complexity index is 387. The highest BCUT2D eigenvalue weighted by Crippen LogP contribution is 2.13. The maximum atomic E-state index is 10.8. The third-order valence-electron chi connectivity index (χ3n) is 1.70. The summed E-state index contributed by atoms with van der Waals surface area (Å²) >= 11 is 1.38. The van der Waals surface area contributed by atoms with E-state index in [0.717, 1.165) is 0 Å². The molecule has 0 atom stereocenters. The number of pyridine rings is 1. The Morgan fingerprint density at radius 3 is 3.20 bits per heavy atom. The molecule has 1 aromatic heterocycles. The van der Waals surface area contributed by atoms with Crippen molar-refractivity contribution < 1.29 is 9.53 Å². The average molecular weight is 222 g/mol. The Labute approximate surface area is 92.3 Å². The van der Waals surface area contributed by atoms with Gasteiger partial charge in [0.15, 0.2) is 0 Å². The van der Waals surface area contributed by atoms with Crippen LogP contribution in [-0.2, 0) is 15.3 Å².